The Kier molecular flexibility index (Phi) is 2.35. The van der Waals surface area contributed by atoms with E-state index in [0.29, 0.717) is 0 Å². The van der Waals surface area contributed by atoms with E-state index < -0.39 is 0 Å². The summed E-state index contributed by atoms with van der Waals surface area (Å²) >= 11 is 1.72. The smallest absolute Gasteiger partial charge is 0.223 e. The predicted octanol–water partition coefficient (Wildman–Crippen LogP) is 2.06. The summed E-state index contributed by atoms with van der Waals surface area (Å²) in [6, 6.07) is 2.14. The van der Waals surface area contributed by atoms with Crippen LogP contribution in [0.1, 0.15) is 19.4 Å². The van der Waals surface area contributed by atoms with Gasteiger partial charge in [-0.05, 0) is 28.8 Å². The summed E-state index contributed by atoms with van der Waals surface area (Å²) < 4.78 is 0. The molecule has 2 rings (SSSR count). The zero-order valence-corrected chi connectivity index (χ0v) is 9.36. The van der Waals surface area contributed by atoms with Crippen LogP contribution in [0.15, 0.2) is 16.8 Å². The lowest BCUT2D eigenvalue weighted by Gasteiger charge is -2.25. The summed E-state index contributed by atoms with van der Waals surface area (Å²) in [6.07, 6.45) is 0.996. The number of thiophene rings is 1. The van der Waals surface area contributed by atoms with Crippen molar-refractivity contribution in [1.82, 2.24) is 5.32 Å². The van der Waals surface area contributed by atoms with Gasteiger partial charge in [-0.25, -0.2) is 0 Å². The molecule has 3 heteroatoms. The van der Waals surface area contributed by atoms with E-state index in [-0.39, 0.29) is 17.2 Å². The van der Waals surface area contributed by atoms with Crippen LogP contribution >= 0.6 is 11.3 Å². The van der Waals surface area contributed by atoms with Crippen molar-refractivity contribution in [3.8, 4) is 0 Å². The highest BCUT2D eigenvalue weighted by Gasteiger charge is 2.41. The van der Waals surface area contributed by atoms with E-state index in [4.69, 9.17) is 0 Å². The SMILES string of the molecule is CC1C(=O)NCC1(C)Cc1ccsc1. The molecule has 1 aromatic rings. The van der Waals surface area contributed by atoms with E-state index >= 15 is 0 Å². The highest BCUT2D eigenvalue weighted by atomic mass is 32.1. The second-order valence-corrected chi connectivity index (χ2v) is 5.18. The number of carbonyl (C=O) groups excluding carboxylic acids is 1. The molecule has 1 aromatic heterocycles. The van der Waals surface area contributed by atoms with Crippen LogP contribution in [0.25, 0.3) is 0 Å². The van der Waals surface area contributed by atoms with Gasteiger partial charge >= 0.3 is 0 Å². The van der Waals surface area contributed by atoms with Gasteiger partial charge in [-0.2, -0.15) is 11.3 Å². The van der Waals surface area contributed by atoms with Gasteiger partial charge in [-0.1, -0.05) is 13.8 Å². The molecule has 2 unspecified atom stereocenters. The Morgan fingerprint density at radius 3 is 3.00 bits per heavy atom. The number of amides is 1. The van der Waals surface area contributed by atoms with Crippen molar-refractivity contribution in [1.29, 1.82) is 0 Å². The molecule has 14 heavy (non-hydrogen) atoms. The maximum absolute atomic E-state index is 11.4. The molecule has 0 aliphatic carbocycles. The summed E-state index contributed by atoms with van der Waals surface area (Å²) in [7, 11) is 0. The van der Waals surface area contributed by atoms with Crippen molar-refractivity contribution in [2.75, 3.05) is 6.54 Å². The maximum Gasteiger partial charge on any atom is 0.223 e. The van der Waals surface area contributed by atoms with Crippen LogP contribution in [-0.4, -0.2) is 12.5 Å². The van der Waals surface area contributed by atoms with E-state index in [2.05, 4.69) is 29.1 Å². The second kappa shape index (κ2) is 3.39. The van der Waals surface area contributed by atoms with Crippen molar-refractivity contribution < 1.29 is 4.79 Å². The van der Waals surface area contributed by atoms with Crippen molar-refractivity contribution in [2.45, 2.75) is 20.3 Å². The molecule has 0 bridgehead atoms. The zero-order valence-electron chi connectivity index (χ0n) is 8.54. The van der Waals surface area contributed by atoms with E-state index in [1.807, 2.05) is 6.92 Å². The van der Waals surface area contributed by atoms with E-state index in [1.54, 1.807) is 11.3 Å². The first-order chi connectivity index (χ1) is 6.62. The topological polar surface area (TPSA) is 29.1 Å². The van der Waals surface area contributed by atoms with Crippen molar-refractivity contribution in [3.05, 3.63) is 22.4 Å². The van der Waals surface area contributed by atoms with Gasteiger partial charge in [-0.3, -0.25) is 4.79 Å². The third-order valence-electron chi connectivity index (χ3n) is 3.29. The van der Waals surface area contributed by atoms with Crippen LogP contribution in [0.2, 0.25) is 0 Å². The lowest BCUT2D eigenvalue weighted by molar-refractivity contribution is -0.123. The van der Waals surface area contributed by atoms with Crippen molar-refractivity contribution >= 4 is 17.2 Å². The normalized spacial score (nSPS) is 31.9. The Bertz CT molecular complexity index is 333. The van der Waals surface area contributed by atoms with Crippen molar-refractivity contribution in [2.24, 2.45) is 11.3 Å². The summed E-state index contributed by atoms with van der Waals surface area (Å²) in [6.45, 7) is 5.02. The third-order valence-corrected chi connectivity index (χ3v) is 4.03. The molecule has 1 N–H and O–H groups in total. The predicted molar refractivity (Wildman–Crippen MR) is 58.3 cm³/mol. The first-order valence-corrected chi connectivity index (χ1v) is 5.85. The Labute approximate surface area is 88.3 Å². The number of carbonyl (C=O) groups is 1. The van der Waals surface area contributed by atoms with E-state index in [1.165, 1.54) is 5.56 Å². The average Bonchev–Trinajstić information content (AvgIpc) is 2.72. The minimum Gasteiger partial charge on any atom is -0.355 e. The average molecular weight is 209 g/mol. The molecule has 1 saturated heterocycles. The largest absolute Gasteiger partial charge is 0.355 e. The summed E-state index contributed by atoms with van der Waals surface area (Å²) in [5, 5.41) is 7.20. The molecule has 1 fully saturated rings. The fourth-order valence-electron chi connectivity index (χ4n) is 1.99. The van der Waals surface area contributed by atoms with Gasteiger partial charge in [0.2, 0.25) is 5.91 Å². The molecule has 0 saturated carbocycles. The number of hydrogen-bond acceptors (Lipinski definition) is 2. The number of nitrogens with one attached hydrogen (secondary N) is 1. The Morgan fingerprint density at radius 2 is 2.50 bits per heavy atom. The molecular formula is C11H15NOS. The lowest BCUT2D eigenvalue weighted by atomic mass is 9.76. The Balaban J connectivity index is 2.14. The molecular weight excluding hydrogens is 194 g/mol. The first-order valence-electron chi connectivity index (χ1n) is 4.91. The highest BCUT2D eigenvalue weighted by Crippen LogP contribution is 2.35. The minimum atomic E-state index is 0.0954. The molecule has 1 aliphatic heterocycles. The van der Waals surface area contributed by atoms with Crippen LogP contribution in [0.5, 0.6) is 0 Å². The van der Waals surface area contributed by atoms with Gasteiger partial charge in [-0.15, -0.1) is 0 Å². The van der Waals surface area contributed by atoms with Crippen LogP contribution in [0, 0.1) is 11.3 Å². The fourth-order valence-corrected chi connectivity index (χ4v) is 2.66. The fraction of sp³-hybridized carbons (Fsp3) is 0.545. The molecule has 0 aromatic carbocycles. The third kappa shape index (κ3) is 1.57. The molecule has 1 aliphatic rings. The number of hydrogen-bond donors (Lipinski definition) is 1. The van der Waals surface area contributed by atoms with E-state index in [0.717, 1.165) is 13.0 Å². The van der Waals surface area contributed by atoms with Crippen LogP contribution in [0.4, 0.5) is 0 Å². The van der Waals surface area contributed by atoms with Crippen LogP contribution in [-0.2, 0) is 11.2 Å². The summed E-state index contributed by atoms with van der Waals surface area (Å²) in [5.74, 6) is 0.324. The van der Waals surface area contributed by atoms with Crippen LogP contribution < -0.4 is 5.32 Å². The molecule has 0 radical (unpaired) electrons. The van der Waals surface area contributed by atoms with Gasteiger partial charge in [0.05, 0.1) is 0 Å². The van der Waals surface area contributed by atoms with Crippen molar-refractivity contribution in [3.63, 3.8) is 0 Å². The van der Waals surface area contributed by atoms with Gasteiger partial charge in [0.25, 0.3) is 0 Å². The zero-order chi connectivity index (χ0) is 10.2. The van der Waals surface area contributed by atoms with Crippen LogP contribution in [0.3, 0.4) is 0 Å². The van der Waals surface area contributed by atoms with E-state index in [9.17, 15) is 4.79 Å². The second-order valence-electron chi connectivity index (χ2n) is 4.40. The molecule has 0 spiro atoms. The standard InChI is InChI=1S/C11H15NOS/c1-8-10(13)12-7-11(8,2)5-9-3-4-14-6-9/h3-4,6,8H,5,7H2,1-2H3,(H,12,13). The van der Waals surface area contributed by atoms with Gasteiger partial charge in [0.1, 0.15) is 0 Å². The minimum absolute atomic E-state index is 0.0954. The summed E-state index contributed by atoms with van der Waals surface area (Å²) in [5.41, 5.74) is 1.44. The monoisotopic (exact) mass is 209 g/mol. The molecule has 1 amide bonds. The quantitative estimate of drug-likeness (QED) is 0.793. The Hall–Kier alpha value is -0.830. The maximum atomic E-state index is 11.4. The molecule has 76 valence electrons. The first kappa shape index (κ1) is 9.71. The molecule has 2 heterocycles. The highest BCUT2D eigenvalue weighted by molar-refractivity contribution is 7.07. The van der Waals surface area contributed by atoms with Gasteiger partial charge in [0, 0.05) is 17.9 Å². The molecule has 2 nitrogen and oxygen atoms in total. The number of rotatable bonds is 2. The lowest BCUT2D eigenvalue weighted by Crippen LogP contribution is -2.27. The van der Waals surface area contributed by atoms with Gasteiger partial charge < -0.3 is 5.32 Å². The molecule has 2 atom stereocenters. The Morgan fingerprint density at radius 1 is 1.71 bits per heavy atom. The van der Waals surface area contributed by atoms with Gasteiger partial charge in [0.15, 0.2) is 0 Å². The summed E-state index contributed by atoms with van der Waals surface area (Å²) in [4.78, 5) is 11.4.